The van der Waals surface area contributed by atoms with E-state index in [0.29, 0.717) is 19.7 Å². The summed E-state index contributed by atoms with van der Waals surface area (Å²) in [5.41, 5.74) is -1.84. The minimum absolute atomic E-state index is 0.0157. The molecule has 4 heterocycles. The number of anilines is 1. The lowest BCUT2D eigenvalue weighted by Crippen LogP contribution is -2.49. The minimum Gasteiger partial charge on any atom is -0.444 e. The molecule has 11 nitrogen and oxygen atoms in total. The van der Waals surface area contributed by atoms with Crippen molar-refractivity contribution in [2.45, 2.75) is 64.2 Å². The van der Waals surface area contributed by atoms with E-state index in [0.717, 1.165) is 19.3 Å². The largest absolute Gasteiger partial charge is 0.514 e. The fourth-order valence-electron chi connectivity index (χ4n) is 5.26. The summed E-state index contributed by atoms with van der Waals surface area (Å²) in [5.74, 6) is -0.683. The highest BCUT2D eigenvalue weighted by molar-refractivity contribution is 5.84. The highest BCUT2D eigenvalue weighted by Gasteiger charge is 2.52. The third-order valence-corrected chi connectivity index (χ3v) is 7.08. The molecule has 1 N–H and O–H groups in total. The third-order valence-electron chi connectivity index (χ3n) is 7.08. The van der Waals surface area contributed by atoms with Crippen LogP contribution in [-0.2, 0) is 14.2 Å². The topological polar surface area (TPSA) is 121 Å². The van der Waals surface area contributed by atoms with E-state index in [2.05, 4.69) is 10.3 Å². The number of nitrogens with one attached hydrogen (secondary N) is 1. The van der Waals surface area contributed by atoms with Crippen LogP contribution in [0.3, 0.4) is 0 Å². The molecule has 38 heavy (non-hydrogen) atoms. The van der Waals surface area contributed by atoms with E-state index in [4.69, 9.17) is 18.9 Å². The lowest BCUT2D eigenvalue weighted by Gasteiger charge is -2.29. The molecule has 1 amide bonds. The molecule has 0 radical (unpaired) electrons. The van der Waals surface area contributed by atoms with Crippen LogP contribution in [0.4, 0.5) is 19.8 Å². The van der Waals surface area contributed by atoms with Crippen molar-refractivity contribution in [3.05, 3.63) is 28.4 Å². The van der Waals surface area contributed by atoms with Crippen molar-refractivity contribution in [2.75, 3.05) is 37.7 Å². The van der Waals surface area contributed by atoms with E-state index < -0.39 is 34.7 Å². The molecule has 2 atom stereocenters. The van der Waals surface area contributed by atoms with Gasteiger partial charge in [0.2, 0.25) is 5.43 Å². The number of pyridine rings is 2. The van der Waals surface area contributed by atoms with Gasteiger partial charge in [0.05, 0.1) is 36.8 Å². The van der Waals surface area contributed by atoms with Gasteiger partial charge >= 0.3 is 12.2 Å². The number of amides is 1. The van der Waals surface area contributed by atoms with Crippen molar-refractivity contribution in [3.8, 4) is 5.75 Å². The van der Waals surface area contributed by atoms with E-state index in [-0.39, 0.29) is 47.6 Å². The SMILES string of the molecule is CCOC(=O)Oc1cn(C2CC2)c2c(F)c(N3CC4CCOC4(CNC(=O)OC(C)(C)C)C3)ncc2c1=O. The average Bonchev–Trinajstić information content (AvgIpc) is 3.51. The van der Waals surface area contributed by atoms with Crippen LogP contribution in [0.5, 0.6) is 5.75 Å². The first-order valence-electron chi connectivity index (χ1n) is 12.9. The van der Waals surface area contributed by atoms with Gasteiger partial charge in [-0.25, -0.2) is 19.0 Å². The Morgan fingerprint density at radius 3 is 2.74 bits per heavy atom. The van der Waals surface area contributed by atoms with E-state index in [1.807, 2.05) is 0 Å². The molecule has 206 valence electrons. The number of alkyl carbamates (subject to hydrolysis) is 1. The molecule has 1 aliphatic carbocycles. The molecule has 2 aromatic rings. The third kappa shape index (κ3) is 5.01. The smallest absolute Gasteiger partial charge is 0.444 e. The molecule has 0 spiro atoms. The Labute approximate surface area is 219 Å². The zero-order valence-electron chi connectivity index (χ0n) is 22.0. The molecular weight excluding hydrogens is 499 g/mol. The highest BCUT2D eigenvalue weighted by atomic mass is 19.1. The number of carbonyl (C=O) groups is 2. The molecule has 2 aromatic heterocycles. The second-order valence-electron chi connectivity index (χ2n) is 11.0. The van der Waals surface area contributed by atoms with Gasteiger partial charge in [0.15, 0.2) is 17.4 Å². The van der Waals surface area contributed by atoms with Gasteiger partial charge in [0.1, 0.15) is 11.2 Å². The maximum atomic E-state index is 16.1. The zero-order chi connectivity index (χ0) is 27.2. The maximum absolute atomic E-state index is 16.1. The van der Waals surface area contributed by atoms with E-state index in [9.17, 15) is 14.4 Å². The number of rotatable bonds is 6. The Morgan fingerprint density at radius 2 is 2.05 bits per heavy atom. The summed E-state index contributed by atoms with van der Waals surface area (Å²) in [6.45, 7) is 8.67. The van der Waals surface area contributed by atoms with E-state index in [1.54, 1.807) is 37.2 Å². The second kappa shape index (κ2) is 9.72. The van der Waals surface area contributed by atoms with Gasteiger partial charge in [-0.1, -0.05) is 0 Å². The summed E-state index contributed by atoms with van der Waals surface area (Å²) >= 11 is 0. The molecule has 2 aliphatic heterocycles. The van der Waals surface area contributed by atoms with E-state index in [1.165, 1.54) is 12.4 Å². The molecule has 5 rings (SSSR count). The van der Waals surface area contributed by atoms with Crippen molar-refractivity contribution in [3.63, 3.8) is 0 Å². The summed E-state index contributed by atoms with van der Waals surface area (Å²) < 4.78 is 39.2. The fraction of sp³-hybridized carbons (Fsp3) is 0.615. The lowest BCUT2D eigenvalue weighted by atomic mass is 9.91. The summed E-state index contributed by atoms with van der Waals surface area (Å²) in [6, 6.07) is -0.0157. The number of fused-ring (bicyclic) bond motifs is 2. The van der Waals surface area contributed by atoms with Crippen LogP contribution < -0.4 is 20.4 Å². The normalized spacial score (nSPS) is 22.9. The van der Waals surface area contributed by atoms with Crippen LogP contribution in [0.1, 0.15) is 53.0 Å². The van der Waals surface area contributed by atoms with Crippen LogP contribution in [0.25, 0.3) is 10.9 Å². The maximum Gasteiger partial charge on any atom is 0.514 e. The summed E-state index contributed by atoms with van der Waals surface area (Å²) in [4.78, 5) is 43.3. The van der Waals surface area contributed by atoms with Crippen LogP contribution in [0.15, 0.2) is 17.2 Å². The Hall–Kier alpha value is -3.41. The van der Waals surface area contributed by atoms with Gasteiger partial charge in [0, 0.05) is 31.3 Å². The molecule has 2 unspecified atom stereocenters. The Balaban J connectivity index is 1.44. The molecule has 2 saturated heterocycles. The first kappa shape index (κ1) is 26.2. The Morgan fingerprint density at radius 1 is 1.29 bits per heavy atom. The van der Waals surface area contributed by atoms with E-state index >= 15 is 4.39 Å². The molecule has 0 bridgehead atoms. The molecular formula is C26H33FN4O7. The highest BCUT2D eigenvalue weighted by Crippen LogP contribution is 2.43. The van der Waals surface area contributed by atoms with Crippen LogP contribution in [0.2, 0.25) is 0 Å². The molecule has 3 aliphatic rings. The summed E-state index contributed by atoms with van der Waals surface area (Å²) in [7, 11) is 0. The monoisotopic (exact) mass is 532 g/mol. The van der Waals surface area contributed by atoms with Crippen LogP contribution in [-0.4, -0.2) is 65.8 Å². The predicted octanol–water partition coefficient (Wildman–Crippen LogP) is 3.53. The molecule has 3 fully saturated rings. The second-order valence-corrected chi connectivity index (χ2v) is 11.0. The van der Waals surface area contributed by atoms with Crippen molar-refractivity contribution >= 4 is 29.0 Å². The summed E-state index contributed by atoms with van der Waals surface area (Å²) in [5, 5.41) is 2.83. The molecule has 12 heteroatoms. The standard InChI is InChI=1S/C26H33FN4O7/c1-5-35-24(34)37-18-12-31(16-6-7-16)20-17(21(18)32)10-28-22(19(20)27)30-11-15-8-9-36-26(15,14-30)13-29-23(33)38-25(2,3)4/h10,12,15-16H,5-9,11,13-14H2,1-4H3,(H,29,33). The first-order chi connectivity index (χ1) is 18.0. The summed E-state index contributed by atoms with van der Waals surface area (Å²) in [6.07, 6.45) is 3.56. The number of ether oxygens (including phenoxy) is 4. The van der Waals surface area contributed by atoms with Gasteiger partial charge in [-0.05, 0) is 47.0 Å². The van der Waals surface area contributed by atoms with Crippen molar-refractivity contribution in [1.29, 1.82) is 0 Å². The van der Waals surface area contributed by atoms with Crippen LogP contribution in [0, 0.1) is 11.7 Å². The lowest BCUT2D eigenvalue weighted by molar-refractivity contribution is -0.000295. The van der Waals surface area contributed by atoms with Gasteiger partial charge in [-0.2, -0.15) is 0 Å². The Kier molecular flexibility index (Phi) is 6.70. The van der Waals surface area contributed by atoms with Gasteiger partial charge in [-0.3, -0.25) is 4.79 Å². The number of hydrogen-bond donors (Lipinski definition) is 1. The number of aromatic nitrogens is 2. The quantitative estimate of drug-likeness (QED) is 0.557. The zero-order valence-corrected chi connectivity index (χ0v) is 22.0. The average molecular weight is 533 g/mol. The number of halogens is 1. The van der Waals surface area contributed by atoms with Crippen LogP contribution >= 0.6 is 0 Å². The van der Waals surface area contributed by atoms with Gasteiger partial charge in [0.25, 0.3) is 0 Å². The number of carbonyl (C=O) groups excluding carboxylic acids is 2. The molecule has 1 saturated carbocycles. The van der Waals surface area contributed by atoms with Crippen molar-refractivity contribution in [2.24, 2.45) is 5.92 Å². The molecule has 0 aromatic carbocycles. The number of nitrogens with zero attached hydrogens (tertiary/aromatic N) is 3. The van der Waals surface area contributed by atoms with Gasteiger partial charge in [-0.15, -0.1) is 0 Å². The predicted molar refractivity (Wildman–Crippen MR) is 135 cm³/mol. The first-order valence-corrected chi connectivity index (χ1v) is 12.9. The van der Waals surface area contributed by atoms with Crippen molar-refractivity contribution in [1.82, 2.24) is 14.9 Å². The minimum atomic E-state index is -0.995. The number of hydrogen-bond acceptors (Lipinski definition) is 9. The Bertz CT molecular complexity index is 1320. The van der Waals surface area contributed by atoms with Crippen molar-refractivity contribution < 1.29 is 32.9 Å². The fourth-order valence-corrected chi connectivity index (χ4v) is 5.26. The van der Waals surface area contributed by atoms with Gasteiger partial charge < -0.3 is 33.7 Å².